The standard InChI is InChI=1S/C16H19NO2/c18-15(16(19)9-2-1-3-10-16)13-6-4-8-14-12(13)7-5-11-17-14/h4-8,11,15,18-19H,1-3,9-10H2. The van der Waals surface area contributed by atoms with Crippen LogP contribution in [0.5, 0.6) is 0 Å². The van der Waals surface area contributed by atoms with Crippen molar-refractivity contribution in [2.75, 3.05) is 0 Å². The van der Waals surface area contributed by atoms with Gasteiger partial charge in [0.2, 0.25) is 0 Å². The van der Waals surface area contributed by atoms with Gasteiger partial charge >= 0.3 is 0 Å². The topological polar surface area (TPSA) is 53.4 Å². The molecule has 0 aliphatic heterocycles. The first kappa shape index (κ1) is 12.6. The van der Waals surface area contributed by atoms with Crippen molar-refractivity contribution in [1.82, 2.24) is 4.98 Å². The zero-order chi connectivity index (χ0) is 13.3. The first-order chi connectivity index (χ1) is 9.21. The number of aliphatic hydroxyl groups is 2. The second-order valence-corrected chi connectivity index (χ2v) is 5.48. The highest BCUT2D eigenvalue weighted by atomic mass is 16.3. The Labute approximate surface area is 112 Å². The van der Waals surface area contributed by atoms with E-state index in [2.05, 4.69) is 4.98 Å². The van der Waals surface area contributed by atoms with Gasteiger partial charge in [-0.2, -0.15) is 0 Å². The molecule has 3 heteroatoms. The largest absolute Gasteiger partial charge is 0.387 e. The fourth-order valence-corrected chi connectivity index (χ4v) is 3.09. The summed E-state index contributed by atoms with van der Waals surface area (Å²) in [5.74, 6) is 0. The summed E-state index contributed by atoms with van der Waals surface area (Å²) in [6.07, 6.45) is 5.36. The molecule has 2 aromatic rings. The Morgan fingerprint density at radius 3 is 2.63 bits per heavy atom. The molecule has 1 aliphatic rings. The Morgan fingerprint density at radius 1 is 1.05 bits per heavy atom. The summed E-state index contributed by atoms with van der Waals surface area (Å²) in [6, 6.07) is 9.52. The maximum atomic E-state index is 10.7. The molecule has 1 aromatic heterocycles. The number of nitrogens with zero attached hydrogens (tertiary/aromatic N) is 1. The number of aliphatic hydroxyl groups excluding tert-OH is 1. The van der Waals surface area contributed by atoms with Gasteiger partial charge in [-0.1, -0.05) is 37.5 Å². The van der Waals surface area contributed by atoms with E-state index in [0.29, 0.717) is 12.8 Å². The number of benzene rings is 1. The molecule has 1 unspecified atom stereocenters. The molecule has 1 aromatic carbocycles. The van der Waals surface area contributed by atoms with E-state index in [1.54, 1.807) is 6.20 Å². The van der Waals surface area contributed by atoms with E-state index in [4.69, 9.17) is 0 Å². The number of pyridine rings is 1. The van der Waals surface area contributed by atoms with Crippen LogP contribution in [0.4, 0.5) is 0 Å². The number of hydrogen-bond donors (Lipinski definition) is 2. The minimum atomic E-state index is -0.984. The molecule has 0 amide bonds. The molecule has 0 saturated heterocycles. The van der Waals surface area contributed by atoms with Crippen LogP contribution >= 0.6 is 0 Å². The van der Waals surface area contributed by atoms with Gasteiger partial charge in [-0.15, -0.1) is 0 Å². The summed E-state index contributed by atoms with van der Waals surface area (Å²) in [5.41, 5.74) is 0.663. The fraction of sp³-hybridized carbons (Fsp3) is 0.438. The van der Waals surface area contributed by atoms with Crippen LogP contribution < -0.4 is 0 Å². The van der Waals surface area contributed by atoms with Crippen LogP contribution in [-0.2, 0) is 0 Å². The van der Waals surface area contributed by atoms with Gasteiger partial charge in [0, 0.05) is 11.6 Å². The van der Waals surface area contributed by atoms with Crippen LogP contribution in [-0.4, -0.2) is 20.8 Å². The minimum Gasteiger partial charge on any atom is -0.387 e. The van der Waals surface area contributed by atoms with Gasteiger partial charge in [-0.25, -0.2) is 0 Å². The molecule has 100 valence electrons. The maximum Gasteiger partial charge on any atom is 0.108 e. The van der Waals surface area contributed by atoms with E-state index in [1.165, 1.54) is 0 Å². The lowest BCUT2D eigenvalue weighted by molar-refractivity contribution is -0.0985. The first-order valence-corrected chi connectivity index (χ1v) is 6.95. The van der Waals surface area contributed by atoms with E-state index in [0.717, 1.165) is 35.7 Å². The van der Waals surface area contributed by atoms with Crippen LogP contribution in [0.2, 0.25) is 0 Å². The average molecular weight is 257 g/mol. The van der Waals surface area contributed by atoms with Crippen molar-refractivity contribution in [2.24, 2.45) is 0 Å². The highest BCUT2D eigenvalue weighted by Gasteiger charge is 2.38. The van der Waals surface area contributed by atoms with Crippen molar-refractivity contribution in [1.29, 1.82) is 0 Å². The van der Waals surface area contributed by atoms with Crippen LogP contribution in [0.3, 0.4) is 0 Å². The highest BCUT2D eigenvalue weighted by Crippen LogP contribution is 2.40. The molecule has 3 rings (SSSR count). The summed E-state index contributed by atoms with van der Waals surface area (Å²) in [7, 11) is 0. The lowest BCUT2D eigenvalue weighted by Crippen LogP contribution is -2.38. The molecule has 1 atom stereocenters. The van der Waals surface area contributed by atoms with Crippen LogP contribution in [0.15, 0.2) is 36.5 Å². The highest BCUT2D eigenvalue weighted by molar-refractivity contribution is 5.82. The van der Waals surface area contributed by atoms with Crippen molar-refractivity contribution in [3.05, 3.63) is 42.1 Å². The van der Waals surface area contributed by atoms with E-state index in [9.17, 15) is 10.2 Å². The summed E-state index contributed by atoms with van der Waals surface area (Å²) >= 11 is 0. The van der Waals surface area contributed by atoms with Gasteiger partial charge < -0.3 is 10.2 Å². The van der Waals surface area contributed by atoms with E-state index in [-0.39, 0.29) is 0 Å². The molecule has 1 fully saturated rings. The summed E-state index contributed by atoms with van der Waals surface area (Å²) in [5, 5.41) is 22.2. The fourth-order valence-electron chi connectivity index (χ4n) is 3.09. The SMILES string of the molecule is OC(c1cccc2ncccc12)C1(O)CCCCC1. The number of fused-ring (bicyclic) bond motifs is 1. The van der Waals surface area contributed by atoms with Gasteiger partial charge in [0.05, 0.1) is 11.1 Å². The molecule has 1 aliphatic carbocycles. The Balaban J connectivity index is 2.03. The van der Waals surface area contributed by atoms with Crippen LogP contribution in [0, 0.1) is 0 Å². The minimum absolute atomic E-state index is 0.671. The Hall–Kier alpha value is -1.45. The zero-order valence-electron chi connectivity index (χ0n) is 10.9. The summed E-state index contributed by atoms with van der Waals surface area (Å²) < 4.78 is 0. The first-order valence-electron chi connectivity index (χ1n) is 6.95. The van der Waals surface area contributed by atoms with Crippen molar-refractivity contribution in [2.45, 2.75) is 43.8 Å². The Bertz CT molecular complexity index is 570. The third-order valence-corrected chi connectivity index (χ3v) is 4.20. The maximum absolute atomic E-state index is 10.7. The van der Waals surface area contributed by atoms with Crippen molar-refractivity contribution < 1.29 is 10.2 Å². The van der Waals surface area contributed by atoms with E-state index in [1.807, 2.05) is 30.3 Å². The van der Waals surface area contributed by atoms with Gasteiger partial charge in [0.15, 0.2) is 0 Å². The molecular formula is C16H19NO2. The van der Waals surface area contributed by atoms with E-state index >= 15 is 0 Å². The molecule has 0 spiro atoms. The molecule has 1 saturated carbocycles. The summed E-state index contributed by atoms with van der Waals surface area (Å²) in [6.45, 7) is 0. The van der Waals surface area contributed by atoms with Gasteiger partial charge in [-0.05, 0) is 30.5 Å². The van der Waals surface area contributed by atoms with Gasteiger partial charge in [0.25, 0.3) is 0 Å². The van der Waals surface area contributed by atoms with Crippen molar-refractivity contribution in [3.8, 4) is 0 Å². The zero-order valence-corrected chi connectivity index (χ0v) is 10.9. The number of aromatic nitrogens is 1. The normalized spacial score (nSPS) is 20.3. The summed E-state index contributed by atoms with van der Waals surface area (Å²) in [4.78, 5) is 4.30. The smallest absolute Gasteiger partial charge is 0.108 e. The second-order valence-electron chi connectivity index (χ2n) is 5.48. The van der Waals surface area contributed by atoms with Crippen molar-refractivity contribution >= 4 is 10.9 Å². The quantitative estimate of drug-likeness (QED) is 0.869. The second kappa shape index (κ2) is 4.91. The molecule has 3 nitrogen and oxygen atoms in total. The average Bonchev–Trinajstić information content (AvgIpc) is 2.47. The molecule has 2 N–H and O–H groups in total. The van der Waals surface area contributed by atoms with Crippen molar-refractivity contribution in [3.63, 3.8) is 0 Å². The van der Waals surface area contributed by atoms with E-state index < -0.39 is 11.7 Å². The molecule has 0 bridgehead atoms. The van der Waals surface area contributed by atoms with Crippen LogP contribution in [0.25, 0.3) is 10.9 Å². The number of hydrogen-bond acceptors (Lipinski definition) is 3. The third-order valence-electron chi connectivity index (χ3n) is 4.20. The monoisotopic (exact) mass is 257 g/mol. The third kappa shape index (κ3) is 2.24. The lowest BCUT2D eigenvalue weighted by Gasteiger charge is -2.36. The number of rotatable bonds is 2. The predicted octanol–water partition coefficient (Wildman–Crippen LogP) is 2.96. The molecule has 1 heterocycles. The predicted molar refractivity (Wildman–Crippen MR) is 74.7 cm³/mol. The molecule has 19 heavy (non-hydrogen) atoms. The molecular weight excluding hydrogens is 238 g/mol. The lowest BCUT2D eigenvalue weighted by atomic mass is 9.78. The van der Waals surface area contributed by atoms with Gasteiger partial charge in [-0.3, -0.25) is 4.98 Å². The molecule has 0 radical (unpaired) electrons. The van der Waals surface area contributed by atoms with Gasteiger partial charge in [0.1, 0.15) is 6.10 Å². The Morgan fingerprint density at radius 2 is 1.84 bits per heavy atom. The van der Waals surface area contributed by atoms with Crippen LogP contribution in [0.1, 0.15) is 43.8 Å². The Kier molecular flexibility index (Phi) is 3.25.